The van der Waals surface area contributed by atoms with E-state index in [0.29, 0.717) is 23.1 Å². The van der Waals surface area contributed by atoms with E-state index in [9.17, 15) is 24.3 Å². The van der Waals surface area contributed by atoms with Gasteiger partial charge in [0.15, 0.2) is 11.6 Å². The van der Waals surface area contributed by atoms with Crippen LogP contribution in [0.3, 0.4) is 0 Å². The van der Waals surface area contributed by atoms with E-state index in [1.165, 1.54) is 22.3 Å². The van der Waals surface area contributed by atoms with E-state index in [0.717, 1.165) is 10.5 Å². The van der Waals surface area contributed by atoms with Crippen LogP contribution in [-0.2, 0) is 25.7 Å². The van der Waals surface area contributed by atoms with Gasteiger partial charge in [-0.25, -0.2) is 0 Å². The molecule has 6 rings (SSSR count). The lowest BCUT2D eigenvalue weighted by molar-refractivity contribution is -0.140. The third-order valence-corrected chi connectivity index (χ3v) is 8.97. The number of carbonyl (C=O) groups excluding carboxylic acids is 4. The first kappa shape index (κ1) is 22.4. The maximum atomic E-state index is 13.7. The van der Waals surface area contributed by atoms with Crippen molar-refractivity contribution in [3.63, 3.8) is 0 Å². The molecule has 2 heterocycles. The number of phenolic OH excluding ortho intramolecular Hbond substituents is 1. The Balaban J connectivity index is 1.46. The molecule has 0 spiro atoms. The molecular formula is C27H20BrNO5S. The Morgan fingerprint density at radius 2 is 1.89 bits per heavy atom. The molecule has 1 fully saturated rings. The largest absolute Gasteiger partial charge is 0.508 e. The zero-order valence-electron chi connectivity index (χ0n) is 18.4. The Morgan fingerprint density at radius 3 is 2.63 bits per heavy atom. The number of hydrogen-bond acceptors (Lipinski definition) is 6. The first-order chi connectivity index (χ1) is 16.8. The number of phenols is 1. The van der Waals surface area contributed by atoms with E-state index in [2.05, 4.69) is 15.9 Å². The average Bonchev–Trinajstić information content (AvgIpc) is 3.44. The van der Waals surface area contributed by atoms with Gasteiger partial charge in [0.2, 0.25) is 11.8 Å². The fraction of sp³-hybridized carbons (Fsp3) is 0.259. The predicted molar refractivity (Wildman–Crippen MR) is 133 cm³/mol. The molecule has 0 saturated carbocycles. The van der Waals surface area contributed by atoms with Gasteiger partial charge in [-0.15, -0.1) is 11.3 Å². The molecular weight excluding hydrogens is 530 g/mol. The summed E-state index contributed by atoms with van der Waals surface area (Å²) < 4.78 is 0.198. The highest BCUT2D eigenvalue weighted by atomic mass is 79.9. The summed E-state index contributed by atoms with van der Waals surface area (Å²) in [7, 11) is 0. The number of rotatable bonds is 3. The highest BCUT2D eigenvalue weighted by molar-refractivity contribution is 9.12. The third-order valence-electron chi connectivity index (χ3n) is 7.52. The summed E-state index contributed by atoms with van der Waals surface area (Å²) in [5.74, 6) is -2.84. The number of fused-ring (bicyclic) bond motifs is 3. The van der Waals surface area contributed by atoms with Crippen molar-refractivity contribution >= 4 is 50.6 Å². The summed E-state index contributed by atoms with van der Waals surface area (Å²) >= 11 is 4.73. The maximum Gasteiger partial charge on any atom is 0.234 e. The number of likely N-dealkylation sites (tertiary alicyclic amines) is 1. The quantitative estimate of drug-likeness (QED) is 0.347. The molecule has 1 aromatic carbocycles. The highest BCUT2D eigenvalue weighted by Crippen LogP contribution is 2.55. The van der Waals surface area contributed by atoms with Crippen molar-refractivity contribution in [2.24, 2.45) is 17.8 Å². The van der Waals surface area contributed by atoms with E-state index in [-0.39, 0.29) is 52.5 Å². The van der Waals surface area contributed by atoms with Crippen LogP contribution >= 0.6 is 27.3 Å². The van der Waals surface area contributed by atoms with E-state index in [1.54, 1.807) is 18.2 Å². The SMILES string of the molecule is O=C1C=C(Br)C(=O)C2=C1[C@@H](c1cccc(O)c1)C1=CC[C@@H]3C(=O)N(Cc4cccs4)C(=O)[C@@H]3[C@@H]1C2. The molecule has 8 heteroatoms. The Morgan fingerprint density at radius 1 is 1.06 bits per heavy atom. The number of amides is 2. The Hall–Kier alpha value is -3.10. The molecule has 4 aliphatic rings. The molecule has 1 saturated heterocycles. The minimum Gasteiger partial charge on any atom is -0.508 e. The smallest absolute Gasteiger partial charge is 0.234 e. The molecule has 176 valence electrons. The fourth-order valence-corrected chi connectivity index (χ4v) is 7.21. The molecule has 3 aliphatic carbocycles. The molecule has 2 aromatic rings. The number of Topliss-reactive ketones (excluding diaryl/α,β-unsaturated/α-hetero) is 1. The number of imide groups is 1. The van der Waals surface area contributed by atoms with Gasteiger partial charge >= 0.3 is 0 Å². The van der Waals surface area contributed by atoms with Crippen LogP contribution in [0.2, 0.25) is 0 Å². The van der Waals surface area contributed by atoms with E-state index >= 15 is 0 Å². The van der Waals surface area contributed by atoms with E-state index in [4.69, 9.17) is 0 Å². The summed E-state index contributed by atoms with van der Waals surface area (Å²) in [5.41, 5.74) is 2.35. The van der Waals surface area contributed by atoms with Crippen molar-refractivity contribution in [2.45, 2.75) is 25.3 Å². The summed E-state index contributed by atoms with van der Waals surface area (Å²) in [5, 5.41) is 12.1. The summed E-state index contributed by atoms with van der Waals surface area (Å²) in [6, 6.07) is 10.5. The van der Waals surface area contributed by atoms with Crippen molar-refractivity contribution in [3.8, 4) is 5.75 Å². The first-order valence-corrected chi connectivity index (χ1v) is 13.1. The second kappa shape index (κ2) is 8.24. The lowest BCUT2D eigenvalue weighted by Gasteiger charge is -2.42. The molecule has 1 aromatic heterocycles. The normalized spacial score (nSPS) is 28.0. The van der Waals surface area contributed by atoms with Crippen LogP contribution in [0.15, 0.2) is 75.1 Å². The minimum absolute atomic E-state index is 0.0570. The van der Waals surface area contributed by atoms with Gasteiger partial charge in [0.25, 0.3) is 0 Å². The first-order valence-electron chi connectivity index (χ1n) is 11.4. The van der Waals surface area contributed by atoms with Crippen LogP contribution in [0.4, 0.5) is 0 Å². The number of ketones is 2. The van der Waals surface area contributed by atoms with Crippen LogP contribution < -0.4 is 0 Å². The van der Waals surface area contributed by atoms with E-state index in [1.807, 2.05) is 29.7 Å². The van der Waals surface area contributed by atoms with Gasteiger partial charge in [0.1, 0.15) is 5.75 Å². The number of benzene rings is 1. The minimum atomic E-state index is -0.580. The number of nitrogens with zero attached hydrogens (tertiary/aromatic N) is 1. The van der Waals surface area contributed by atoms with Crippen molar-refractivity contribution in [1.29, 1.82) is 0 Å². The monoisotopic (exact) mass is 549 g/mol. The second-order valence-corrected chi connectivity index (χ2v) is 11.2. The topological polar surface area (TPSA) is 91.8 Å². The van der Waals surface area contributed by atoms with Crippen LogP contribution in [-0.4, -0.2) is 33.4 Å². The van der Waals surface area contributed by atoms with Crippen LogP contribution in [0.25, 0.3) is 0 Å². The zero-order valence-corrected chi connectivity index (χ0v) is 20.8. The molecule has 35 heavy (non-hydrogen) atoms. The fourth-order valence-electron chi connectivity index (χ4n) is 6.07. The summed E-state index contributed by atoms with van der Waals surface area (Å²) in [6.45, 7) is 0.250. The molecule has 0 bridgehead atoms. The predicted octanol–water partition coefficient (Wildman–Crippen LogP) is 4.42. The molecule has 4 atom stereocenters. The number of allylic oxidation sites excluding steroid dienone is 6. The highest BCUT2D eigenvalue weighted by Gasteiger charge is 2.56. The van der Waals surface area contributed by atoms with Gasteiger partial charge in [0, 0.05) is 28.0 Å². The summed E-state index contributed by atoms with van der Waals surface area (Å²) in [4.78, 5) is 55.6. The van der Waals surface area contributed by atoms with Gasteiger partial charge in [-0.1, -0.05) is 29.8 Å². The molecule has 0 unspecified atom stereocenters. The van der Waals surface area contributed by atoms with Crippen LogP contribution in [0, 0.1) is 17.8 Å². The Labute approximate surface area is 213 Å². The van der Waals surface area contributed by atoms with Gasteiger partial charge in [-0.3, -0.25) is 24.1 Å². The van der Waals surface area contributed by atoms with Gasteiger partial charge in [0.05, 0.1) is 22.9 Å². The number of hydrogen-bond donors (Lipinski definition) is 1. The van der Waals surface area contributed by atoms with Crippen LogP contribution in [0.5, 0.6) is 5.75 Å². The average molecular weight is 550 g/mol. The lowest BCUT2D eigenvalue weighted by atomic mass is 9.59. The number of thiophene rings is 1. The van der Waals surface area contributed by atoms with Crippen molar-refractivity contribution in [3.05, 3.63) is 85.6 Å². The molecule has 2 amide bonds. The molecule has 1 N–H and O–H groups in total. The van der Waals surface area contributed by atoms with Gasteiger partial charge < -0.3 is 5.11 Å². The second-order valence-electron chi connectivity index (χ2n) is 9.33. The number of aromatic hydroxyl groups is 1. The zero-order chi connectivity index (χ0) is 24.4. The maximum absolute atomic E-state index is 13.7. The van der Waals surface area contributed by atoms with Crippen molar-refractivity contribution in [1.82, 2.24) is 4.90 Å². The van der Waals surface area contributed by atoms with Crippen LogP contribution in [0.1, 0.15) is 29.2 Å². The molecule has 6 nitrogen and oxygen atoms in total. The number of carbonyl (C=O) groups is 4. The third kappa shape index (κ3) is 3.42. The standard InChI is InChI=1S/C27H20BrNO5S/c28-20-11-21(31)24-19(25(20)32)10-18-16(22(24)13-3-1-4-14(30)9-13)6-7-17-23(18)27(34)29(26(17)33)12-15-5-2-8-35-15/h1-6,8-9,11,17-18,22-23,30H,7,10,12H2/t17-,18+,22-,23-/m0/s1. The Kier molecular flexibility index (Phi) is 5.27. The summed E-state index contributed by atoms with van der Waals surface area (Å²) in [6.07, 6.45) is 3.92. The number of halogens is 1. The van der Waals surface area contributed by atoms with E-state index < -0.39 is 17.8 Å². The van der Waals surface area contributed by atoms with Crippen molar-refractivity contribution < 1.29 is 24.3 Å². The Bertz CT molecular complexity index is 1400. The van der Waals surface area contributed by atoms with Crippen molar-refractivity contribution in [2.75, 3.05) is 0 Å². The van der Waals surface area contributed by atoms with Gasteiger partial charge in [-0.2, -0.15) is 0 Å². The molecule has 0 radical (unpaired) electrons. The lowest BCUT2D eigenvalue weighted by Crippen LogP contribution is -2.39. The van der Waals surface area contributed by atoms with Gasteiger partial charge in [-0.05, 0) is 63.8 Å². The molecule has 1 aliphatic heterocycles.